The molecule has 290 valence electrons. The Labute approximate surface area is 310 Å². The molecular weight excluding hydrogens is 660 g/mol. The minimum Gasteiger partial charge on any atom is -0.481 e. The van der Waals surface area contributed by atoms with Crippen LogP contribution in [0, 0.1) is 56.2 Å². The molecule has 4 saturated carbocycles. The molecule has 0 aromatic heterocycles. The van der Waals surface area contributed by atoms with Crippen molar-refractivity contribution in [1.29, 1.82) is 0 Å². The number of amides is 2. The van der Waals surface area contributed by atoms with Gasteiger partial charge in [-0.05, 0) is 116 Å². The normalized spacial score (nSPS) is 38.6. The topological polar surface area (TPSA) is 131 Å². The van der Waals surface area contributed by atoms with Crippen molar-refractivity contribution in [3.05, 3.63) is 11.1 Å². The fraction of sp³-hybridized carbons (Fsp3) is 0.833. The molecule has 0 bridgehead atoms. The average Bonchev–Trinajstić information content (AvgIpc) is 3.38. The van der Waals surface area contributed by atoms with Gasteiger partial charge in [0.1, 0.15) is 6.10 Å². The first-order chi connectivity index (χ1) is 24.1. The summed E-state index contributed by atoms with van der Waals surface area (Å²) in [5.41, 5.74) is -0.284. The average molecular weight is 725 g/mol. The van der Waals surface area contributed by atoms with Gasteiger partial charge in [-0.1, -0.05) is 48.5 Å². The number of aliphatic carboxylic acids is 1. The minimum atomic E-state index is -1.18. The molecule has 0 aromatic rings. The first kappa shape index (κ1) is 38.8. The number of carboxylic acids is 1. The molecule has 1 heterocycles. The van der Waals surface area contributed by atoms with E-state index < -0.39 is 22.8 Å². The molecule has 0 aromatic carbocycles. The number of methoxy groups -OCH3 is 1. The Hall–Kier alpha value is -2.91. The monoisotopic (exact) mass is 724 g/mol. The molecule has 2 unspecified atom stereocenters. The Bertz CT molecular complexity index is 1560. The summed E-state index contributed by atoms with van der Waals surface area (Å²) in [5.74, 6) is -0.267. The van der Waals surface area contributed by atoms with E-state index in [-0.39, 0.29) is 70.2 Å². The lowest BCUT2D eigenvalue weighted by Gasteiger charge is -2.72. The molecule has 5 aliphatic carbocycles. The summed E-state index contributed by atoms with van der Waals surface area (Å²) in [6, 6.07) is 0. The summed E-state index contributed by atoms with van der Waals surface area (Å²) in [7, 11) is 1.38. The van der Waals surface area contributed by atoms with Crippen molar-refractivity contribution in [3.63, 3.8) is 0 Å². The first-order valence-corrected chi connectivity index (χ1v) is 19.9. The van der Waals surface area contributed by atoms with Crippen molar-refractivity contribution in [2.75, 3.05) is 33.3 Å². The molecule has 0 radical (unpaired) electrons. The van der Waals surface area contributed by atoms with Gasteiger partial charge in [-0.2, -0.15) is 0 Å². The van der Waals surface area contributed by atoms with Crippen molar-refractivity contribution in [2.24, 2.45) is 56.2 Å². The number of hydrogen-bond acceptors (Lipinski definition) is 7. The van der Waals surface area contributed by atoms with Gasteiger partial charge in [0.2, 0.25) is 5.91 Å². The van der Waals surface area contributed by atoms with E-state index in [2.05, 4.69) is 48.5 Å². The van der Waals surface area contributed by atoms with Gasteiger partial charge in [0.05, 0.1) is 24.4 Å². The second kappa shape index (κ2) is 12.9. The van der Waals surface area contributed by atoms with Crippen molar-refractivity contribution in [3.8, 4) is 0 Å². The predicted octanol–water partition coefficient (Wildman–Crippen LogP) is 7.29. The zero-order valence-electron chi connectivity index (χ0n) is 33.5. The van der Waals surface area contributed by atoms with Crippen LogP contribution in [0.25, 0.3) is 0 Å². The van der Waals surface area contributed by atoms with Crippen LogP contribution >= 0.6 is 0 Å². The van der Waals surface area contributed by atoms with E-state index in [1.54, 1.807) is 18.7 Å². The number of Topliss-reactive ketones (excluding diaryl/α,β-unsaturated/α-hetero) is 1. The van der Waals surface area contributed by atoms with Crippen LogP contribution < -0.4 is 0 Å². The highest BCUT2D eigenvalue weighted by atomic mass is 16.5. The number of fused-ring (bicyclic) bond motifs is 7. The summed E-state index contributed by atoms with van der Waals surface area (Å²) in [6.07, 6.45) is 6.77. The number of ketones is 1. The maximum absolute atomic E-state index is 14.8. The maximum Gasteiger partial charge on any atom is 0.409 e. The molecule has 1 saturated heterocycles. The van der Waals surface area contributed by atoms with Crippen LogP contribution in [0.1, 0.15) is 127 Å². The van der Waals surface area contributed by atoms with E-state index in [0.717, 1.165) is 56.1 Å². The van der Waals surface area contributed by atoms with Crippen LogP contribution in [-0.2, 0) is 28.7 Å². The number of ether oxygens (including phenoxy) is 2. The molecule has 1 aliphatic heterocycles. The van der Waals surface area contributed by atoms with Crippen molar-refractivity contribution >= 4 is 29.7 Å². The summed E-state index contributed by atoms with van der Waals surface area (Å²) >= 11 is 0. The second-order valence-electron chi connectivity index (χ2n) is 19.7. The number of piperazine rings is 1. The van der Waals surface area contributed by atoms with Crippen LogP contribution in [0.4, 0.5) is 4.79 Å². The molecule has 1 N–H and O–H groups in total. The zero-order chi connectivity index (χ0) is 38.4. The number of allylic oxidation sites excluding steroid dienone is 1. The summed E-state index contributed by atoms with van der Waals surface area (Å²) in [4.78, 5) is 69.5. The van der Waals surface area contributed by atoms with E-state index in [4.69, 9.17) is 9.47 Å². The largest absolute Gasteiger partial charge is 0.481 e. The summed E-state index contributed by atoms with van der Waals surface area (Å²) in [5, 5.41) is 9.60. The molecule has 10 nitrogen and oxygen atoms in total. The van der Waals surface area contributed by atoms with Gasteiger partial charge < -0.3 is 24.4 Å². The van der Waals surface area contributed by atoms with Gasteiger partial charge in [-0.25, -0.2) is 4.79 Å². The Balaban J connectivity index is 1.28. The number of hydrogen-bond donors (Lipinski definition) is 1. The van der Waals surface area contributed by atoms with Crippen molar-refractivity contribution < 1.29 is 38.6 Å². The first-order valence-electron chi connectivity index (χ1n) is 19.9. The molecule has 0 spiro atoms. The van der Waals surface area contributed by atoms with Gasteiger partial charge >= 0.3 is 18.0 Å². The number of carbonyl (C=O) groups excluding carboxylic acids is 4. The highest BCUT2D eigenvalue weighted by Crippen LogP contribution is 2.77. The van der Waals surface area contributed by atoms with Gasteiger partial charge in [-0.3, -0.25) is 19.2 Å². The fourth-order valence-corrected chi connectivity index (χ4v) is 13.2. The Kier molecular flexibility index (Phi) is 9.59. The van der Waals surface area contributed by atoms with Gasteiger partial charge in [0, 0.05) is 38.0 Å². The molecule has 10 heteroatoms. The Morgan fingerprint density at radius 3 is 2.08 bits per heavy atom. The van der Waals surface area contributed by atoms with Gasteiger partial charge in [-0.15, -0.1) is 0 Å². The van der Waals surface area contributed by atoms with Crippen molar-refractivity contribution in [1.82, 2.24) is 9.80 Å². The van der Waals surface area contributed by atoms with Crippen molar-refractivity contribution in [2.45, 2.75) is 133 Å². The highest BCUT2D eigenvalue weighted by molar-refractivity contribution is 6.07. The fourth-order valence-electron chi connectivity index (χ4n) is 13.2. The molecule has 2 amide bonds. The van der Waals surface area contributed by atoms with Crippen LogP contribution in [0.15, 0.2) is 11.1 Å². The Morgan fingerprint density at radius 1 is 0.846 bits per heavy atom. The number of carboxylic acid groups (broad SMARTS) is 1. The quantitative estimate of drug-likeness (QED) is 0.283. The van der Waals surface area contributed by atoms with Crippen LogP contribution in [0.3, 0.4) is 0 Å². The SMILES string of the molecule is COC(=O)N1CCN(C(=O)[C@@]23CC[C@]4(C)[C@H](CCC5[C@@]6(C)CC[C@H](OC(=O)CC(C)(C)C(=O)O)C(C)(C)C6CC[C@]54C)C2=C(C(C)C)C(=O)C3)CC1. The van der Waals surface area contributed by atoms with Crippen LogP contribution in [0.5, 0.6) is 0 Å². The molecule has 6 aliphatic rings. The smallest absolute Gasteiger partial charge is 0.409 e. The third kappa shape index (κ3) is 5.56. The lowest BCUT2D eigenvalue weighted by molar-refractivity contribution is -0.233. The highest BCUT2D eigenvalue weighted by Gasteiger charge is 2.71. The van der Waals surface area contributed by atoms with E-state index in [1.807, 2.05) is 4.90 Å². The molecular formula is C42H64N2O8. The van der Waals surface area contributed by atoms with Gasteiger partial charge in [0.25, 0.3) is 0 Å². The number of esters is 1. The number of carbonyl (C=O) groups is 5. The molecule has 6 rings (SSSR count). The molecule has 5 fully saturated rings. The van der Waals surface area contributed by atoms with Gasteiger partial charge in [0.15, 0.2) is 5.78 Å². The third-order valence-corrected chi connectivity index (χ3v) is 16.2. The summed E-state index contributed by atoms with van der Waals surface area (Å²) < 4.78 is 11.1. The third-order valence-electron chi connectivity index (χ3n) is 16.2. The predicted molar refractivity (Wildman–Crippen MR) is 196 cm³/mol. The minimum absolute atomic E-state index is 0.00561. The second-order valence-corrected chi connectivity index (χ2v) is 19.7. The number of nitrogens with zero attached hydrogens (tertiary/aromatic N) is 2. The molecule has 52 heavy (non-hydrogen) atoms. The lowest BCUT2D eigenvalue weighted by atomic mass is 9.33. The zero-order valence-corrected chi connectivity index (χ0v) is 33.5. The maximum atomic E-state index is 14.8. The standard InChI is InChI=1S/C42H64N2O8/c1-25(2)32-27(45)23-42(34(47)43-19-21-44(22-20-43)36(50)51-10)18-17-40(8)26(33(32)42)11-12-29-39(7)15-14-30(52-31(46)24-37(3,4)35(48)49)38(5,6)28(39)13-16-41(29,40)9/h25-26,28-30H,11-24H2,1-10H3,(H,48,49)/t26-,28?,29?,30+,39+,40-,41-,42-/m1/s1. The molecule has 8 atom stereocenters. The van der Waals surface area contributed by atoms with E-state index >= 15 is 0 Å². The van der Waals surface area contributed by atoms with E-state index in [9.17, 15) is 29.1 Å². The summed E-state index contributed by atoms with van der Waals surface area (Å²) in [6.45, 7) is 21.1. The van der Waals surface area contributed by atoms with E-state index in [0.29, 0.717) is 44.4 Å². The number of rotatable bonds is 6. The van der Waals surface area contributed by atoms with Crippen LogP contribution in [0.2, 0.25) is 0 Å². The lowest BCUT2D eigenvalue weighted by Crippen LogP contribution is -2.66. The Morgan fingerprint density at radius 2 is 1.48 bits per heavy atom. The van der Waals surface area contributed by atoms with E-state index in [1.165, 1.54) is 7.11 Å². The van der Waals surface area contributed by atoms with Crippen LogP contribution in [-0.4, -0.2) is 84.0 Å².